The van der Waals surface area contributed by atoms with Crippen LogP contribution in [-0.4, -0.2) is 45.7 Å². The zero-order chi connectivity index (χ0) is 20.0. The third-order valence-electron chi connectivity index (χ3n) is 6.97. The highest BCUT2D eigenvalue weighted by Gasteiger charge is 2.40. The summed E-state index contributed by atoms with van der Waals surface area (Å²) in [5.41, 5.74) is 1.96. The van der Waals surface area contributed by atoms with Crippen molar-refractivity contribution < 1.29 is 13.4 Å². The largest absolute Gasteiger partial charge is 0.423 e. The monoisotopic (exact) mass is 435 g/mol. The minimum absolute atomic E-state index is 0.0267. The minimum atomic E-state index is -0.769. The highest BCUT2D eigenvalue weighted by atomic mass is 35.5. The summed E-state index contributed by atoms with van der Waals surface area (Å²) in [6, 6.07) is 6.51. The van der Waals surface area contributed by atoms with Crippen LogP contribution in [0.4, 0.5) is 6.01 Å². The van der Waals surface area contributed by atoms with Gasteiger partial charge in [0.1, 0.15) is 5.52 Å². The maximum Gasteiger partial charge on any atom is 0.298 e. The molecule has 3 heterocycles. The van der Waals surface area contributed by atoms with Crippen LogP contribution in [0.1, 0.15) is 38.5 Å². The summed E-state index contributed by atoms with van der Waals surface area (Å²) in [4.78, 5) is 19.1. The number of carbonyl (C=O) groups is 1. The topological polar surface area (TPSA) is 75.4 Å². The number of halogens is 1. The van der Waals surface area contributed by atoms with Crippen LogP contribution in [0.2, 0.25) is 5.02 Å². The minimum Gasteiger partial charge on any atom is -0.423 e. The number of carbonyl (C=O) groups excluding carboxylic acids is 1. The van der Waals surface area contributed by atoms with E-state index >= 15 is 0 Å². The molecule has 156 valence electrons. The van der Waals surface area contributed by atoms with Crippen molar-refractivity contribution in [2.75, 3.05) is 29.5 Å². The Balaban J connectivity index is 1.14. The van der Waals surface area contributed by atoms with E-state index in [-0.39, 0.29) is 17.9 Å². The normalized spacial score (nSPS) is 27.1. The summed E-state index contributed by atoms with van der Waals surface area (Å²) < 4.78 is 17.1. The predicted octanol–water partition coefficient (Wildman–Crippen LogP) is 3.51. The summed E-state index contributed by atoms with van der Waals surface area (Å²) in [7, 11) is -0.769. The van der Waals surface area contributed by atoms with Crippen LogP contribution in [0, 0.1) is 11.3 Å². The number of hydrogen-bond donors (Lipinski definition) is 1. The van der Waals surface area contributed by atoms with Crippen LogP contribution in [0.25, 0.3) is 11.1 Å². The summed E-state index contributed by atoms with van der Waals surface area (Å²) >= 11 is 6.05. The van der Waals surface area contributed by atoms with Gasteiger partial charge in [-0.15, -0.1) is 0 Å². The average molecular weight is 436 g/mol. The molecule has 8 heteroatoms. The molecule has 1 aromatic carbocycles. The smallest absolute Gasteiger partial charge is 0.298 e. The van der Waals surface area contributed by atoms with Crippen LogP contribution in [0.3, 0.4) is 0 Å². The fourth-order valence-electron chi connectivity index (χ4n) is 4.94. The van der Waals surface area contributed by atoms with Gasteiger partial charge in [-0.2, -0.15) is 4.98 Å². The number of benzene rings is 1. The van der Waals surface area contributed by atoms with Crippen LogP contribution in [-0.2, 0) is 15.6 Å². The number of piperidine rings is 1. The number of amides is 1. The number of oxazole rings is 1. The zero-order valence-electron chi connectivity index (χ0n) is 16.4. The Morgan fingerprint density at radius 3 is 2.62 bits per heavy atom. The van der Waals surface area contributed by atoms with Crippen molar-refractivity contribution in [3.63, 3.8) is 0 Å². The van der Waals surface area contributed by atoms with E-state index in [9.17, 15) is 9.00 Å². The van der Waals surface area contributed by atoms with Gasteiger partial charge in [-0.3, -0.25) is 9.00 Å². The van der Waals surface area contributed by atoms with Gasteiger partial charge < -0.3 is 14.6 Å². The molecule has 3 fully saturated rings. The Morgan fingerprint density at radius 2 is 1.93 bits per heavy atom. The molecule has 0 atom stereocenters. The standard InChI is InChI=1S/C21H26ClN3O3S/c22-15-1-2-18-17(11-15)24-20(28-18)25-9-7-21(8-10-25)5-3-16(4-6-21)23-19(26)14-12-29(27)13-14/h1-2,11,14,16H,3-10,12-13H2,(H,23,26). The molecule has 2 saturated heterocycles. The Labute approximate surface area is 177 Å². The molecule has 6 nitrogen and oxygen atoms in total. The summed E-state index contributed by atoms with van der Waals surface area (Å²) in [6.45, 7) is 1.90. The van der Waals surface area contributed by atoms with E-state index < -0.39 is 10.8 Å². The molecular weight excluding hydrogens is 410 g/mol. The van der Waals surface area contributed by atoms with E-state index in [0.29, 0.717) is 28.0 Å². The lowest BCUT2D eigenvalue weighted by atomic mass is 9.67. The molecule has 2 aliphatic heterocycles. The molecule has 1 aromatic heterocycles. The third-order valence-corrected chi connectivity index (χ3v) is 8.75. The Hall–Kier alpha value is -1.60. The van der Waals surface area contributed by atoms with Crippen molar-refractivity contribution in [1.29, 1.82) is 0 Å². The van der Waals surface area contributed by atoms with E-state index in [1.807, 2.05) is 18.2 Å². The number of anilines is 1. The number of hydrogen-bond acceptors (Lipinski definition) is 5. The number of rotatable bonds is 3. The van der Waals surface area contributed by atoms with Gasteiger partial charge in [0.25, 0.3) is 6.01 Å². The fourth-order valence-corrected chi connectivity index (χ4v) is 6.21. The molecule has 3 aliphatic rings. The molecule has 0 unspecified atom stereocenters. The van der Waals surface area contributed by atoms with E-state index in [4.69, 9.17) is 16.0 Å². The average Bonchev–Trinajstić information content (AvgIpc) is 3.11. The van der Waals surface area contributed by atoms with Crippen molar-refractivity contribution >= 4 is 45.4 Å². The van der Waals surface area contributed by atoms with Crippen molar-refractivity contribution in [3.8, 4) is 0 Å². The fraction of sp³-hybridized carbons (Fsp3) is 0.619. The summed E-state index contributed by atoms with van der Waals surface area (Å²) in [5.74, 6) is 1.17. The molecule has 1 N–H and O–H groups in total. The Bertz CT molecular complexity index is 936. The van der Waals surface area contributed by atoms with Crippen LogP contribution in [0.15, 0.2) is 22.6 Å². The lowest BCUT2D eigenvalue weighted by Crippen LogP contribution is -2.50. The lowest BCUT2D eigenvalue weighted by molar-refractivity contribution is -0.125. The van der Waals surface area contributed by atoms with Gasteiger partial charge in [-0.1, -0.05) is 11.6 Å². The van der Waals surface area contributed by atoms with Crippen LogP contribution in [0.5, 0.6) is 0 Å². The van der Waals surface area contributed by atoms with Crippen molar-refractivity contribution in [3.05, 3.63) is 23.2 Å². The first-order valence-corrected chi connectivity index (χ1v) is 12.3. The number of nitrogens with one attached hydrogen (secondary N) is 1. The van der Waals surface area contributed by atoms with E-state index in [0.717, 1.165) is 62.7 Å². The molecule has 2 aromatic rings. The van der Waals surface area contributed by atoms with Crippen molar-refractivity contribution in [1.82, 2.24) is 10.3 Å². The first-order chi connectivity index (χ1) is 14.0. The van der Waals surface area contributed by atoms with Gasteiger partial charge >= 0.3 is 0 Å². The molecule has 0 radical (unpaired) electrons. The maximum atomic E-state index is 12.2. The van der Waals surface area contributed by atoms with E-state index in [1.54, 1.807) is 0 Å². The van der Waals surface area contributed by atoms with Gasteiger partial charge in [0, 0.05) is 46.5 Å². The quantitative estimate of drug-likeness (QED) is 0.798. The van der Waals surface area contributed by atoms with Gasteiger partial charge in [-0.05, 0) is 62.1 Å². The first-order valence-electron chi connectivity index (χ1n) is 10.5. The zero-order valence-corrected chi connectivity index (χ0v) is 17.9. The summed E-state index contributed by atoms with van der Waals surface area (Å²) in [6.07, 6.45) is 6.67. The van der Waals surface area contributed by atoms with E-state index in [1.165, 1.54) is 0 Å². The number of nitrogens with zero attached hydrogens (tertiary/aromatic N) is 2. The van der Waals surface area contributed by atoms with Crippen LogP contribution >= 0.6 is 11.6 Å². The first kappa shape index (κ1) is 19.4. The molecular formula is C21H26ClN3O3S. The molecule has 1 amide bonds. The second-order valence-electron chi connectivity index (χ2n) is 8.85. The number of fused-ring (bicyclic) bond motifs is 1. The highest BCUT2D eigenvalue weighted by molar-refractivity contribution is 7.86. The Kier molecular flexibility index (Phi) is 5.06. The van der Waals surface area contributed by atoms with Gasteiger partial charge in [0.2, 0.25) is 5.91 Å². The molecule has 1 saturated carbocycles. The number of aromatic nitrogens is 1. The molecule has 0 bridgehead atoms. The third kappa shape index (κ3) is 3.91. The van der Waals surface area contributed by atoms with Gasteiger partial charge in [0.05, 0.1) is 5.92 Å². The van der Waals surface area contributed by atoms with E-state index in [2.05, 4.69) is 15.2 Å². The Morgan fingerprint density at radius 1 is 1.21 bits per heavy atom. The SMILES string of the molecule is O=C(NC1CCC2(CC1)CCN(c1nc3cc(Cl)ccc3o1)CC2)C1CS(=O)C1. The van der Waals surface area contributed by atoms with Crippen molar-refractivity contribution in [2.45, 2.75) is 44.6 Å². The molecule has 1 aliphatic carbocycles. The van der Waals surface area contributed by atoms with Crippen LogP contribution < -0.4 is 10.2 Å². The van der Waals surface area contributed by atoms with Gasteiger partial charge in [0.15, 0.2) is 5.58 Å². The molecule has 29 heavy (non-hydrogen) atoms. The molecule has 5 rings (SSSR count). The summed E-state index contributed by atoms with van der Waals surface area (Å²) in [5, 5.41) is 3.87. The maximum absolute atomic E-state index is 12.2. The lowest BCUT2D eigenvalue weighted by Gasteiger charge is -2.46. The second kappa shape index (κ2) is 7.58. The highest BCUT2D eigenvalue weighted by Crippen LogP contribution is 2.45. The van der Waals surface area contributed by atoms with Gasteiger partial charge in [-0.25, -0.2) is 0 Å². The predicted molar refractivity (Wildman–Crippen MR) is 115 cm³/mol. The molecule has 1 spiro atoms. The second-order valence-corrected chi connectivity index (χ2v) is 10.8. The van der Waals surface area contributed by atoms with Crippen molar-refractivity contribution in [2.24, 2.45) is 11.3 Å².